The molecule has 0 saturated heterocycles. The Morgan fingerprint density at radius 1 is 1.42 bits per heavy atom. The van der Waals surface area contributed by atoms with Crippen molar-refractivity contribution in [1.29, 1.82) is 0 Å². The van der Waals surface area contributed by atoms with Gasteiger partial charge < -0.3 is 14.9 Å². The smallest absolute Gasteiger partial charge is 0.433 e. The average molecular weight is 279 g/mol. The van der Waals surface area contributed by atoms with Gasteiger partial charge in [-0.2, -0.15) is 13.2 Å². The zero-order valence-corrected chi connectivity index (χ0v) is 9.89. The molecule has 0 saturated carbocycles. The topological polar surface area (TPSA) is 79.7 Å². The summed E-state index contributed by atoms with van der Waals surface area (Å²) < 4.78 is 41.1. The summed E-state index contributed by atoms with van der Waals surface area (Å²) in [5.41, 5.74) is -1.13. The fourth-order valence-corrected chi connectivity index (χ4v) is 1.34. The standard InChI is InChI=1S/C11H12F3NO4/c1-19-9(17)4-7(16)10(18)6-2-3-8(15-5-6)11(12,13)14/h2-3,5,7,10,16,18H,4H2,1H3. The Morgan fingerprint density at radius 3 is 2.47 bits per heavy atom. The zero-order chi connectivity index (χ0) is 14.6. The van der Waals surface area contributed by atoms with E-state index in [0.717, 1.165) is 19.4 Å². The number of carbonyl (C=O) groups is 1. The Morgan fingerprint density at radius 2 is 2.05 bits per heavy atom. The quantitative estimate of drug-likeness (QED) is 0.806. The highest BCUT2D eigenvalue weighted by molar-refractivity contribution is 5.69. The lowest BCUT2D eigenvalue weighted by Gasteiger charge is -2.17. The number of hydrogen-bond donors (Lipinski definition) is 2. The van der Waals surface area contributed by atoms with Crippen molar-refractivity contribution in [1.82, 2.24) is 4.98 Å². The van der Waals surface area contributed by atoms with Crippen molar-refractivity contribution >= 4 is 5.97 Å². The first-order chi connectivity index (χ1) is 8.75. The SMILES string of the molecule is COC(=O)CC(O)C(O)c1ccc(C(F)(F)F)nc1. The first-order valence-electron chi connectivity index (χ1n) is 5.21. The van der Waals surface area contributed by atoms with Gasteiger partial charge in [0.05, 0.1) is 19.6 Å². The van der Waals surface area contributed by atoms with Crippen LogP contribution in [-0.4, -0.2) is 34.4 Å². The lowest BCUT2D eigenvalue weighted by atomic mass is 10.0. The molecule has 0 bridgehead atoms. The normalized spacial score (nSPS) is 14.8. The van der Waals surface area contributed by atoms with E-state index in [1.54, 1.807) is 0 Å². The second-order valence-corrected chi connectivity index (χ2v) is 3.77. The molecular weight excluding hydrogens is 267 g/mol. The second-order valence-electron chi connectivity index (χ2n) is 3.77. The maximum atomic E-state index is 12.3. The van der Waals surface area contributed by atoms with Crippen molar-refractivity contribution in [3.8, 4) is 0 Å². The van der Waals surface area contributed by atoms with Crippen LogP contribution in [0.4, 0.5) is 13.2 Å². The van der Waals surface area contributed by atoms with Gasteiger partial charge in [0.2, 0.25) is 0 Å². The van der Waals surface area contributed by atoms with Crippen molar-refractivity contribution in [3.05, 3.63) is 29.6 Å². The molecule has 2 unspecified atom stereocenters. The van der Waals surface area contributed by atoms with E-state index >= 15 is 0 Å². The molecule has 5 nitrogen and oxygen atoms in total. The fourth-order valence-electron chi connectivity index (χ4n) is 1.34. The number of pyridine rings is 1. The minimum atomic E-state index is -4.58. The van der Waals surface area contributed by atoms with Crippen LogP contribution in [0.3, 0.4) is 0 Å². The van der Waals surface area contributed by atoms with Gasteiger partial charge in [0.15, 0.2) is 0 Å². The Bertz CT molecular complexity index is 433. The molecule has 1 aromatic rings. The maximum absolute atomic E-state index is 12.3. The van der Waals surface area contributed by atoms with Gasteiger partial charge in [-0.05, 0) is 6.07 Å². The van der Waals surface area contributed by atoms with Gasteiger partial charge in [0.1, 0.15) is 11.8 Å². The van der Waals surface area contributed by atoms with Gasteiger partial charge in [-0.25, -0.2) is 0 Å². The number of esters is 1. The summed E-state index contributed by atoms with van der Waals surface area (Å²) >= 11 is 0. The number of ether oxygens (including phenoxy) is 1. The molecule has 0 aliphatic rings. The van der Waals surface area contributed by atoms with Crippen molar-refractivity contribution < 1.29 is 32.9 Å². The monoisotopic (exact) mass is 279 g/mol. The highest BCUT2D eigenvalue weighted by Crippen LogP contribution is 2.28. The molecule has 106 valence electrons. The lowest BCUT2D eigenvalue weighted by Crippen LogP contribution is -2.23. The summed E-state index contributed by atoms with van der Waals surface area (Å²) in [4.78, 5) is 14.0. The number of alkyl halides is 3. The number of aliphatic hydroxyl groups excluding tert-OH is 2. The minimum absolute atomic E-state index is 0.0237. The molecule has 0 amide bonds. The van der Waals surface area contributed by atoms with Gasteiger partial charge in [0, 0.05) is 11.8 Å². The number of aliphatic hydroxyl groups is 2. The minimum Gasteiger partial charge on any atom is -0.469 e. The van der Waals surface area contributed by atoms with Crippen LogP contribution in [0.5, 0.6) is 0 Å². The molecule has 0 fully saturated rings. The zero-order valence-electron chi connectivity index (χ0n) is 9.89. The Labute approximate surface area is 106 Å². The summed E-state index contributed by atoms with van der Waals surface area (Å²) in [5, 5.41) is 19.1. The molecule has 1 heterocycles. The van der Waals surface area contributed by atoms with Crippen molar-refractivity contribution in [2.45, 2.75) is 24.8 Å². The van der Waals surface area contributed by atoms with E-state index in [9.17, 15) is 28.2 Å². The number of carbonyl (C=O) groups excluding carboxylic acids is 1. The van der Waals surface area contributed by atoms with E-state index in [4.69, 9.17) is 0 Å². The molecule has 0 aromatic carbocycles. The van der Waals surface area contributed by atoms with Gasteiger partial charge in [-0.3, -0.25) is 9.78 Å². The summed E-state index contributed by atoms with van der Waals surface area (Å²) in [6.07, 6.45) is -7.25. The first kappa shape index (κ1) is 15.4. The largest absolute Gasteiger partial charge is 0.469 e. The third-order valence-corrected chi connectivity index (χ3v) is 2.39. The van der Waals surface area contributed by atoms with Crippen molar-refractivity contribution in [2.24, 2.45) is 0 Å². The second kappa shape index (κ2) is 5.98. The Hall–Kier alpha value is -1.67. The molecule has 1 aromatic heterocycles. The van der Waals surface area contributed by atoms with E-state index < -0.39 is 36.5 Å². The van der Waals surface area contributed by atoms with E-state index in [2.05, 4.69) is 9.72 Å². The first-order valence-corrected chi connectivity index (χ1v) is 5.21. The van der Waals surface area contributed by atoms with E-state index in [1.807, 2.05) is 0 Å². The molecule has 0 radical (unpaired) electrons. The molecule has 19 heavy (non-hydrogen) atoms. The summed E-state index contributed by atoms with van der Waals surface area (Å²) in [6, 6.07) is 1.67. The molecule has 8 heteroatoms. The van der Waals surface area contributed by atoms with Crippen LogP contribution < -0.4 is 0 Å². The van der Waals surface area contributed by atoms with Crippen molar-refractivity contribution in [2.75, 3.05) is 7.11 Å². The van der Waals surface area contributed by atoms with Gasteiger partial charge in [-0.15, -0.1) is 0 Å². The van der Waals surface area contributed by atoms with Crippen LogP contribution in [0.2, 0.25) is 0 Å². The van der Waals surface area contributed by atoms with E-state index in [-0.39, 0.29) is 5.56 Å². The van der Waals surface area contributed by atoms with Crippen molar-refractivity contribution in [3.63, 3.8) is 0 Å². The third-order valence-electron chi connectivity index (χ3n) is 2.39. The molecule has 0 aliphatic heterocycles. The molecule has 2 atom stereocenters. The summed E-state index contributed by atoms with van der Waals surface area (Å²) in [5.74, 6) is -0.744. The fraction of sp³-hybridized carbons (Fsp3) is 0.455. The van der Waals surface area contributed by atoms with Gasteiger partial charge in [-0.1, -0.05) is 6.07 Å². The van der Waals surface area contributed by atoms with Gasteiger partial charge >= 0.3 is 12.1 Å². The predicted molar refractivity (Wildman–Crippen MR) is 56.8 cm³/mol. The molecule has 1 rings (SSSR count). The van der Waals surface area contributed by atoms with Crippen LogP contribution in [0.1, 0.15) is 23.8 Å². The van der Waals surface area contributed by atoms with Crippen LogP contribution in [0, 0.1) is 0 Å². The number of nitrogens with zero attached hydrogens (tertiary/aromatic N) is 1. The number of rotatable bonds is 4. The van der Waals surface area contributed by atoms with Crippen LogP contribution >= 0.6 is 0 Å². The maximum Gasteiger partial charge on any atom is 0.433 e. The summed E-state index contributed by atoms with van der Waals surface area (Å²) in [7, 11) is 1.11. The number of halogens is 3. The number of methoxy groups -OCH3 is 1. The number of hydrogen-bond acceptors (Lipinski definition) is 5. The number of aromatic nitrogens is 1. The van der Waals surface area contributed by atoms with Gasteiger partial charge in [0.25, 0.3) is 0 Å². The van der Waals surface area contributed by atoms with E-state index in [0.29, 0.717) is 6.07 Å². The Kier molecular flexibility index (Phi) is 4.84. The van der Waals surface area contributed by atoms with Crippen LogP contribution in [-0.2, 0) is 15.7 Å². The highest BCUT2D eigenvalue weighted by atomic mass is 19.4. The molecular formula is C11H12F3NO4. The lowest BCUT2D eigenvalue weighted by molar-refractivity contribution is -0.144. The predicted octanol–water partition coefficient (Wildman–Crippen LogP) is 1.06. The van der Waals surface area contributed by atoms with Crippen LogP contribution in [0.15, 0.2) is 18.3 Å². The molecule has 0 aliphatic carbocycles. The average Bonchev–Trinajstić information content (AvgIpc) is 2.36. The third kappa shape index (κ3) is 4.18. The van der Waals surface area contributed by atoms with Crippen LogP contribution in [0.25, 0.3) is 0 Å². The van der Waals surface area contributed by atoms with E-state index in [1.165, 1.54) is 0 Å². The summed E-state index contributed by atoms with van der Waals surface area (Å²) in [6.45, 7) is 0. The molecule has 0 spiro atoms. The highest BCUT2D eigenvalue weighted by Gasteiger charge is 2.32. The Balaban J connectivity index is 2.77. The molecule has 2 N–H and O–H groups in total.